The van der Waals surface area contributed by atoms with Crippen LogP contribution in [0.5, 0.6) is 0 Å². The summed E-state index contributed by atoms with van der Waals surface area (Å²) >= 11 is 0. The molecule has 0 radical (unpaired) electrons. The molecule has 33 heavy (non-hydrogen) atoms. The number of nitrogens with zero attached hydrogens (tertiary/aromatic N) is 4. The quantitative estimate of drug-likeness (QED) is 0.623. The Morgan fingerprint density at radius 1 is 0.909 bits per heavy atom. The molecule has 10 heteroatoms. The first-order valence-electron chi connectivity index (χ1n) is 11.6. The summed E-state index contributed by atoms with van der Waals surface area (Å²) in [6, 6.07) is 2.51. The number of aryl methyl sites for hydroxylation is 1. The molecule has 1 aromatic heterocycles. The van der Waals surface area contributed by atoms with Crippen molar-refractivity contribution < 1.29 is 27.6 Å². The van der Waals surface area contributed by atoms with Crippen molar-refractivity contribution >= 4 is 17.6 Å². The van der Waals surface area contributed by atoms with E-state index in [4.69, 9.17) is 0 Å². The Bertz CT molecular complexity index is 922. The molecule has 3 heterocycles. The second-order valence-corrected chi connectivity index (χ2v) is 9.47. The number of piperidine rings is 1. The van der Waals surface area contributed by atoms with Crippen LogP contribution in [0.25, 0.3) is 0 Å². The monoisotopic (exact) mass is 468 g/mol. The van der Waals surface area contributed by atoms with Gasteiger partial charge in [0.15, 0.2) is 5.78 Å². The molecule has 2 amide bonds. The van der Waals surface area contributed by atoms with Crippen LogP contribution in [-0.4, -0.2) is 88.9 Å². The van der Waals surface area contributed by atoms with Gasteiger partial charge in [-0.1, -0.05) is 0 Å². The molecule has 182 valence electrons. The molecule has 1 saturated carbocycles. The van der Waals surface area contributed by atoms with Crippen molar-refractivity contribution in [2.45, 2.75) is 51.7 Å². The third kappa shape index (κ3) is 5.10. The second kappa shape index (κ2) is 9.12. The zero-order valence-electron chi connectivity index (χ0n) is 19.2. The second-order valence-electron chi connectivity index (χ2n) is 9.47. The van der Waals surface area contributed by atoms with Crippen LogP contribution >= 0.6 is 0 Å². The lowest BCUT2D eigenvalue weighted by Gasteiger charge is -2.38. The van der Waals surface area contributed by atoms with Crippen LogP contribution in [0.15, 0.2) is 6.07 Å². The normalized spacial score (nSPS) is 20.9. The Hall–Kier alpha value is -2.36. The van der Waals surface area contributed by atoms with Crippen molar-refractivity contribution in [3.8, 4) is 0 Å². The third-order valence-corrected chi connectivity index (χ3v) is 7.12. The standard InChI is InChI=1S/C23H31F3N4O3/c1-15-13-19(16(2)30(15)18-3-4-18)20(31)14-27-9-11-28(12-10-27)21(32)17-5-7-29(8-6-17)22(33)23(24,25)26/h13,17-18H,3-12,14H2,1-2H3. The molecule has 0 unspecified atom stereocenters. The zero-order chi connectivity index (χ0) is 23.9. The number of hydrogen-bond donors (Lipinski definition) is 0. The molecule has 2 aliphatic heterocycles. The van der Waals surface area contributed by atoms with E-state index in [1.165, 1.54) is 0 Å². The van der Waals surface area contributed by atoms with E-state index in [0.29, 0.717) is 38.8 Å². The van der Waals surface area contributed by atoms with Gasteiger partial charge in [0.1, 0.15) is 0 Å². The van der Waals surface area contributed by atoms with Crippen LogP contribution in [0.4, 0.5) is 13.2 Å². The smallest absolute Gasteiger partial charge is 0.345 e. The molecule has 0 atom stereocenters. The van der Waals surface area contributed by atoms with Crippen molar-refractivity contribution in [2.75, 3.05) is 45.8 Å². The van der Waals surface area contributed by atoms with Crippen LogP contribution in [0.2, 0.25) is 0 Å². The molecule has 3 fully saturated rings. The van der Waals surface area contributed by atoms with Gasteiger partial charge in [0.05, 0.1) is 6.54 Å². The Labute approximate surface area is 191 Å². The number of likely N-dealkylation sites (tertiary alicyclic amines) is 1. The van der Waals surface area contributed by atoms with Gasteiger partial charge < -0.3 is 14.4 Å². The van der Waals surface area contributed by atoms with Gasteiger partial charge in [-0.25, -0.2) is 0 Å². The molecule has 0 N–H and O–H groups in total. The summed E-state index contributed by atoms with van der Waals surface area (Å²) in [5, 5.41) is 0. The highest BCUT2D eigenvalue weighted by Gasteiger charge is 2.44. The number of aromatic nitrogens is 1. The van der Waals surface area contributed by atoms with Crippen molar-refractivity contribution in [3.05, 3.63) is 23.0 Å². The summed E-state index contributed by atoms with van der Waals surface area (Å²) in [5.41, 5.74) is 2.93. The van der Waals surface area contributed by atoms with E-state index in [9.17, 15) is 27.6 Å². The minimum Gasteiger partial charge on any atom is -0.345 e. The zero-order valence-corrected chi connectivity index (χ0v) is 19.2. The Balaban J connectivity index is 1.25. The lowest BCUT2D eigenvalue weighted by molar-refractivity contribution is -0.187. The molecular weight excluding hydrogens is 437 g/mol. The van der Waals surface area contributed by atoms with E-state index in [1.807, 2.05) is 19.9 Å². The first-order valence-corrected chi connectivity index (χ1v) is 11.6. The molecule has 2 saturated heterocycles. The number of ketones is 1. The topological polar surface area (TPSA) is 65.9 Å². The van der Waals surface area contributed by atoms with Crippen molar-refractivity contribution in [2.24, 2.45) is 5.92 Å². The predicted molar refractivity (Wildman–Crippen MR) is 115 cm³/mol. The van der Waals surface area contributed by atoms with Crippen LogP contribution in [0, 0.1) is 19.8 Å². The number of Topliss-reactive ketones (excluding diaryl/α,β-unsaturated/α-hetero) is 1. The van der Waals surface area contributed by atoms with E-state index in [0.717, 1.165) is 34.7 Å². The molecule has 3 aliphatic rings. The number of alkyl halides is 3. The molecular formula is C23H31F3N4O3. The lowest BCUT2D eigenvalue weighted by Crippen LogP contribution is -2.53. The number of amides is 2. The van der Waals surface area contributed by atoms with Crippen LogP contribution in [-0.2, 0) is 9.59 Å². The van der Waals surface area contributed by atoms with E-state index in [2.05, 4.69) is 9.47 Å². The Morgan fingerprint density at radius 2 is 1.52 bits per heavy atom. The number of halogens is 3. The molecule has 1 aliphatic carbocycles. The summed E-state index contributed by atoms with van der Waals surface area (Å²) in [5.74, 6) is -2.16. The molecule has 0 spiro atoms. The summed E-state index contributed by atoms with van der Waals surface area (Å²) in [6.07, 6.45) is -2.05. The average Bonchev–Trinajstić information content (AvgIpc) is 3.56. The van der Waals surface area contributed by atoms with Crippen LogP contribution < -0.4 is 0 Å². The van der Waals surface area contributed by atoms with Gasteiger partial charge in [-0.15, -0.1) is 0 Å². The van der Waals surface area contributed by atoms with Crippen molar-refractivity contribution in [1.82, 2.24) is 19.3 Å². The van der Waals surface area contributed by atoms with Crippen LogP contribution in [0.1, 0.15) is 53.5 Å². The highest BCUT2D eigenvalue weighted by atomic mass is 19.4. The molecule has 0 bridgehead atoms. The summed E-state index contributed by atoms with van der Waals surface area (Å²) in [4.78, 5) is 41.7. The maximum atomic E-state index is 12.9. The van der Waals surface area contributed by atoms with Crippen molar-refractivity contribution in [3.63, 3.8) is 0 Å². The maximum Gasteiger partial charge on any atom is 0.471 e. The minimum atomic E-state index is -4.87. The SMILES string of the molecule is Cc1cc(C(=O)CN2CCN(C(=O)C3CCN(C(=O)C(F)(F)F)CC3)CC2)c(C)n1C1CC1. The van der Waals surface area contributed by atoms with Crippen molar-refractivity contribution in [1.29, 1.82) is 0 Å². The van der Waals surface area contributed by atoms with Gasteiger partial charge in [0.2, 0.25) is 5.91 Å². The number of carbonyl (C=O) groups excluding carboxylic acids is 3. The number of carbonyl (C=O) groups is 3. The number of rotatable bonds is 5. The fraction of sp³-hybridized carbons (Fsp3) is 0.696. The number of piperazine rings is 1. The van der Waals surface area contributed by atoms with E-state index in [-0.39, 0.29) is 43.5 Å². The van der Waals surface area contributed by atoms with E-state index < -0.39 is 12.1 Å². The molecule has 4 rings (SSSR count). The fourth-order valence-corrected chi connectivity index (χ4v) is 5.14. The Morgan fingerprint density at radius 3 is 2.06 bits per heavy atom. The minimum absolute atomic E-state index is 0.0531. The van der Waals surface area contributed by atoms with Gasteiger partial charge in [0.25, 0.3) is 0 Å². The fourth-order valence-electron chi connectivity index (χ4n) is 5.14. The highest BCUT2D eigenvalue weighted by Crippen LogP contribution is 2.38. The Kier molecular flexibility index (Phi) is 6.57. The van der Waals surface area contributed by atoms with Gasteiger partial charge in [0, 0.05) is 68.2 Å². The van der Waals surface area contributed by atoms with Crippen LogP contribution in [0.3, 0.4) is 0 Å². The van der Waals surface area contributed by atoms with E-state index in [1.54, 1.807) is 4.90 Å². The predicted octanol–water partition coefficient (Wildman–Crippen LogP) is 2.57. The van der Waals surface area contributed by atoms with Gasteiger partial charge >= 0.3 is 12.1 Å². The van der Waals surface area contributed by atoms with Gasteiger partial charge in [-0.2, -0.15) is 13.2 Å². The number of hydrogen-bond acceptors (Lipinski definition) is 4. The maximum absolute atomic E-state index is 12.9. The molecule has 0 aromatic carbocycles. The molecule has 7 nitrogen and oxygen atoms in total. The van der Waals surface area contributed by atoms with E-state index >= 15 is 0 Å². The molecule has 1 aromatic rings. The average molecular weight is 469 g/mol. The summed E-state index contributed by atoms with van der Waals surface area (Å²) < 4.78 is 40.1. The third-order valence-electron chi connectivity index (χ3n) is 7.12. The summed E-state index contributed by atoms with van der Waals surface area (Å²) in [6.45, 7) is 6.41. The summed E-state index contributed by atoms with van der Waals surface area (Å²) in [7, 11) is 0. The lowest BCUT2D eigenvalue weighted by atomic mass is 9.95. The first-order chi connectivity index (χ1) is 15.6. The van der Waals surface area contributed by atoms with Gasteiger partial charge in [-0.3, -0.25) is 19.3 Å². The largest absolute Gasteiger partial charge is 0.471 e. The first kappa shape index (κ1) is 23.8. The highest BCUT2D eigenvalue weighted by molar-refractivity contribution is 5.99. The van der Waals surface area contributed by atoms with Gasteiger partial charge in [-0.05, 0) is 45.6 Å².